The van der Waals surface area contributed by atoms with Gasteiger partial charge in [-0.15, -0.1) is 0 Å². The lowest BCUT2D eigenvalue weighted by atomic mass is 10.0. The van der Waals surface area contributed by atoms with E-state index in [0.717, 1.165) is 25.9 Å². The van der Waals surface area contributed by atoms with Crippen LogP contribution >= 0.6 is 0 Å². The molecule has 0 amide bonds. The molecule has 2 aliphatic rings. The molecular formula is C28H34F2N10O2. The van der Waals surface area contributed by atoms with E-state index in [1.165, 1.54) is 11.7 Å². The van der Waals surface area contributed by atoms with Crippen LogP contribution in [-0.4, -0.2) is 101 Å². The fraction of sp³-hybridized carbons (Fsp3) is 0.464. The zero-order chi connectivity index (χ0) is 29.4. The second kappa shape index (κ2) is 11.6. The summed E-state index contributed by atoms with van der Waals surface area (Å²) in [4.78, 5) is 29.6. The molecule has 0 unspecified atom stereocenters. The topological polar surface area (TPSA) is 124 Å². The van der Waals surface area contributed by atoms with E-state index in [0.29, 0.717) is 66.1 Å². The lowest BCUT2D eigenvalue weighted by molar-refractivity contribution is 0.122. The summed E-state index contributed by atoms with van der Waals surface area (Å²) < 4.78 is 41.2. The van der Waals surface area contributed by atoms with E-state index in [-0.39, 0.29) is 17.8 Å². The quantitative estimate of drug-likeness (QED) is 0.347. The molecule has 2 saturated heterocycles. The molecule has 0 saturated carbocycles. The largest absolute Gasteiger partial charge is 0.494 e. The highest BCUT2D eigenvalue weighted by molar-refractivity contribution is 5.84. The second-order valence-corrected chi connectivity index (χ2v) is 10.6. The number of nitrogens with zero attached hydrogens (tertiary/aromatic N) is 9. The first-order chi connectivity index (χ1) is 20.3. The zero-order valence-electron chi connectivity index (χ0n) is 23.9. The number of alkyl halides is 2. The number of para-hydroxylation sites is 1. The lowest BCUT2D eigenvalue weighted by Gasteiger charge is -2.36. The smallest absolute Gasteiger partial charge is 0.296 e. The minimum atomic E-state index is -2.89. The summed E-state index contributed by atoms with van der Waals surface area (Å²) in [7, 11) is 5.60. The predicted molar refractivity (Wildman–Crippen MR) is 156 cm³/mol. The highest BCUT2D eigenvalue weighted by Crippen LogP contribution is 2.35. The Bertz CT molecular complexity index is 1570. The summed E-state index contributed by atoms with van der Waals surface area (Å²) in [5.74, 6) is 1.18. The molecule has 222 valence electrons. The number of pyridine rings is 1. The molecule has 42 heavy (non-hydrogen) atoms. The van der Waals surface area contributed by atoms with Crippen LogP contribution in [0.5, 0.6) is 5.75 Å². The molecule has 5 heterocycles. The molecule has 2 aliphatic heterocycles. The standard InChI is InChI=1S/C28H34F2N10O2/c1-37-9-7-18(8-10-37)38(2)25-19(15-17(31)16-32-25)24-34-27(39-11-13-42-14-12-39)36-28(35-24)40-20-5-4-6-21(41-3)22(20)33-26(40)23(29)30/h4-6,15-16,18,23H,7-14,31H2,1-3H3. The number of ether oxygens (including phenoxy) is 2. The Morgan fingerprint density at radius 3 is 2.50 bits per heavy atom. The number of nitrogen functional groups attached to an aromatic ring is 1. The first-order valence-corrected chi connectivity index (χ1v) is 13.9. The molecule has 3 aromatic heterocycles. The van der Waals surface area contributed by atoms with Crippen molar-refractivity contribution in [3.8, 4) is 23.1 Å². The van der Waals surface area contributed by atoms with Crippen molar-refractivity contribution in [1.82, 2.24) is 34.4 Å². The van der Waals surface area contributed by atoms with Gasteiger partial charge in [-0.2, -0.15) is 15.0 Å². The third kappa shape index (κ3) is 5.27. The molecule has 2 N–H and O–H groups in total. The van der Waals surface area contributed by atoms with Gasteiger partial charge in [-0.3, -0.25) is 4.57 Å². The molecule has 0 spiro atoms. The van der Waals surface area contributed by atoms with Crippen LogP contribution in [0, 0.1) is 0 Å². The molecule has 2 fully saturated rings. The number of fused-ring (bicyclic) bond motifs is 1. The molecule has 0 radical (unpaired) electrons. The number of anilines is 3. The normalized spacial score (nSPS) is 16.9. The summed E-state index contributed by atoms with van der Waals surface area (Å²) >= 11 is 0. The number of piperidine rings is 1. The van der Waals surface area contributed by atoms with E-state index in [2.05, 4.69) is 21.8 Å². The number of morpholine rings is 1. The van der Waals surface area contributed by atoms with Gasteiger partial charge in [0.2, 0.25) is 11.9 Å². The fourth-order valence-electron chi connectivity index (χ4n) is 5.57. The van der Waals surface area contributed by atoms with Crippen LogP contribution in [0.4, 0.5) is 26.2 Å². The summed E-state index contributed by atoms with van der Waals surface area (Å²) in [6, 6.07) is 7.12. The van der Waals surface area contributed by atoms with Crippen LogP contribution in [0.25, 0.3) is 28.4 Å². The molecule has 0 atom stereocenters. The molecule has 0 bridgehead atoms. The van der Waals surface area contributed by atoms with Gasteiger partial charge in [0.25, 0.3) is 6.43 Å². The first kappa shape index (κ1) is 28.0. The lowest BCUT2D eigenvalue weighted by Crippen LogP contribution is -2.42. The molecule has 12 nitrogen and oxygen atoms in total. The van der Waals surface area contributed by atoms with Gasteiger partial charge in [0.1, 0.15) is 17.1 Å². The third-order valence-electron chi connectivity index (χ3n) is 7.89. The van der Waals surface area contributed by atoms with Gasteiger partial charge in [-0.25, -0.2) is 18.7 Å². The maximum atomic E-state index is 14.5. The summed E-state index contributed by atoms with van der Waals surface area (Å²) in [6.07, 6.45) is 0.662. The molecule has 6 rings (SSSR count). The number of hydrogen-bond donors (Lipinski definition) is 1. The van der Waals surface area contributed by atoms with Gasteiger partial charge in [-0.1, -0.05) is 6.07 Å². The molecular weight excluding hydrogens is 546 g/mol. The number of benzene rings is 1. The number of methoxy groups -OCH3 is 1. The van der Waals surface area contributed by atoms with Gasteiger partial charge in [0, 0.05) is 26.2 Å². The van der Waals surface area contributed by atoms with Crippen LogP contribution in [0.2, 0.25) is 0 Å². The van der Waals surface area contributed by atoms with Gasteiger partial charge >= 0.3 is 0 Å². The summed E-state index contributed by atoms with van der Waals surface area (Å²) in [6.45, 7) is 4.02. The van der Waals surface area contributed by atoms with Crippen LogP contribution in [0.3, 0.4) is 0 Å². The molecule has 1 aromatic carbocycles. The van der Waals surface area contributed by atoms with Gasteiger partial charge in [0.05, 0.1) is 43.3 Å². The number of imidazole rings is 1. The number of aromatic nitrogens is 6. The van der Waals surface area contributed by atoms with Crippen LogP contribution < -0.4 is 20.3 Å². The number of hydrogen-bond acceptors (Lipinski definition) is 11. The molecule has 4 aromatic rings. The van der Waals surface area contributed by atoms with Gasteiger partial charge < -0.3 is 29.9 Å². The van der Waals surface area contributed by atoms with Crippen molar-refractivity contribution in [1.29, 1.82) is 0 Å². The maximum Gasteiger partial charge on any atom is 0.296 e. The monoisotopic (exact) mass is 580 g/mol. The number of nitrogens with two attached hydrogens (primary N) is 1. The van der Waals surface area contributed by atoms with Crippen LogP contribution in [-0.2, 0) is 4.74 Å². The van der Waals surface area contributed by atoms with Crippen molar-refractivity contribution in [3.05, 3.63) is 36.3 Å². The summed E-state index contributed by atoms with van der Waals surface area (Å²) in [5, 5.41) is 0. The Morgan fingerprint density at radius 2 is 1.79 bits per heavy atom. The maximum absolute atomic E-state index is 14.5. The van der Waals surface area contributed by atoms with Crippen LogP contribution in [0.15, 0.2) is 30.5 Å². The highest BCUT2D eigenvalue weighted by Gasteiger charge is 2.28. The van der Waals surface area contributed by atoms with E-state index in [1.54, 1.807) is 30.5 Å². The van der Waals surface area contributed by atoms with Crippen molar-refractivity contribution in [2.24, 2.45) is 0 Å². The third-order valence-corrected chi connectivity index (χ3v) is 7.89. The van der Waals surface area contributed by atoms with E-state index < -0.39 is 12.2 Å². The van der Waals surface area contributed by atoms with Gasteiger partial charge in [0.15, 0.2) is 11.6 Å². The van der Waals surface area contributed by atoms with Crippen molar-refractivity contribution in [2.75, 3.05) is 76.1 Å². The first-order valence-electron chi connectivity index (χ1n) is 13.9. The van der Waals surface area contributed by atoms with Crippen molar-refractivity contribution in [3.63, 3.8) is 0 Å². The average molecular weight is 581 g/mol. The number of rotatable bonds is 7. The average Bonchev–Trinajstić information content (AvgIpc) is 3.42. The van der Waals surface area contributed by atoms with E-state index in [1.807, 2.05) is 11.9 Å². The minimum Gasteiger partial charge on any atom is -0.494 e. The predicted octanol–water partition coefficient (Wildman–Crippen LogP) is 3.17. The fourth-order valence-corrected chi connectivity index (χ4v) is 5.57. The SMILES string of the molecule is COc1cccc2c1nc(C(F)F)n2-c1nc(-c2cc(N)cnc2N(C)C2CCN(C)CC2)nc(N2CCOCC2)n1. The Balaban J connectivity index is 1.55. The van der Waals surface area contributed by atoms with Crippen molar-refractivity contribution < 1.29 is 18.3 Å². The number of halogens is 2. The summed E-state index contributed by atoms with van der Waals surface area (Å²) in [5.41, 5.74) is 7.94. The Morgan fingerprint density at radius 1 is 1.05 bits per heavy atom. The Hall–Kier alpha value is -4.17. The zero-order valence-corrected chi connectivity index (χ0v) is 23.9. The molecule has 14 heteroatoms. The Kier molecular flexibility index (Phi) is 7.73. The van der Waals surface area contributed by atoms with E-state index in [4.69, 9.17) is 35.1 Å². The minimum absolute atomic E-state index is 0.0165. The van der Waals surface area contributed by atoms with Crippen LogP contribution in [0.1, 0.15) is 25.1 Å². The van der Waals surface area contributed by atoms with Gasteiger partial charge in [-0.05, 0) is 51.2 Å². The van der Waals surface area contributed by atoms with E-state index in [9.17, 15) is 8.78 Å². The number of likely N-dealkylation sites (tertiary alicyclic amines) is 1. The van der Waals surface area contributed by atoms with E-state index >= 15 is 0 Å². The Labute approximate surface area is 242 Å². The van der Waals surface area contributed by atoms with Crippen molar-refractivity contribution in [2.45, 2.75) is 25.3 Å². The molecule has 0 aliphatic carbocycles. The second-order valence-electron chi connectivity index (χ2n) is 10.6. The highest BCUT2D eigenvalue weighted by atomic mass is 19.3. The van der Waals surface area contributed by atoms with Crippen molar-refractivity contribution >= 4 is 28.5 Å².